The number of carbonyl (C=O) groups is 1. The number of benzene rings is 2. The number of phenolic OH excluding ortho intramolecular Hbond substituents is 2. The first kappa shape index (κ1) is 36.8. The zero-order chi connectivity index (χ0) is 26.6. The van der Waals surface area contributed by atoms with E-state index < -0.39 is 39.0 Å². The van der Waals surface area contributed by atoms with E-state index in [-0.39, 0.29) is 88.1 Å². The van der Waals surface area contributed by atoms with Crippen molar-refractivity contribution < 1.29 is 48.8 Å². The van der Waals surface area contributed by atoms with Crippen LogP contribution in [0.15, 0.2) is 42.5 Å². The molecule has 8 N–H and O–H groups in total. The summed E-state index contributed by atoms with van der Waals surface area (Å²) < 4.78 is 22.9. The molecule has 0 fully saturated rings. The first-order valence-corrected chi connectivity index (χ1v) is 14.1. The van der Waals surface area contributed by atoms with E-state index in [0.717, 1.165) is 24.0 Å². The number of hydrogen-bond acceptors (Lipinski definition) is 6. The molecule has 15 heteroatoms. The molecule has 0 aromatic heterocycles. The Morgan fingerprint density at radius 3 is 1.78 bits per heavy atom. The summed E-state index contributed by atoms with van der Waals surface area (Å²) in [5, 5.41) is 28.4. The number of aromatic hydroxyl groups is 2. The quantitative estimate of drug-likeness (QED) is 0.111. The van der Waals surface area contributed by atoms with E-state index >= 15 is 0 Å². The summed E-state index contributed by atoms with van der Waals surface area (Å²) in [4.78, 5) is 49.2. The second kappa shape index (κ2) is 15.0. The number of phenols is 2. The fraction of sp³-hybridized carbons (Fsp3) is 0.409. The topological polar surface area (TPSA) is 205 Å². The molecule has 2 atom stereocenters. The zero-order valence-electron chi connectivity index (χ0n) is 19.3. The third kappa shape index (κ3) is 9.15. The van der Waals surface area contributed by atoms with Gasteiger partial charge in [0.05, 0.1) is 5.69 Å². The fourth-order valence-corrected chi connectivity index (χ4v) is 6.23. The Balaban J connectivity index is 0.00000648. The molecule has 2 rings (SSSR count). The van der Waals surface area contributed by atoms with E-state index in [4.69, 9.17) is 0 Å². The van der Waals surface area contributed by atoms with Crippen LogP contribution in [-0.4, -0.2) is 105 Å². The van der Waals surface area contributed by atoms with Crippen molar-refractivity contribution in [3.8, 4) is 11.5 Å². The van der Waals surface area contributed by atoms with E-state index in [1.54, 1.807) is 24.3 Å². The number of amides is 1. The van der Waals surface area contributed by atoms with Gasteiger partial charge in [0.1, 0.15) is 11.5 Å². The van der Waals surface area contributed by atoms with Crippen LogP contribution in [0, 0.1) is 0 Å². The Hall–Kier alpha value is -0.230. The fourth-order valence-electron chi connectivity index (χ4n) is 4.07. The van der Waals surface area contributed by atoms with Gasteiger partial charge in [-0.1, -0.05) is 32.0 Å². The average Bonchev–Trinajstić information content (AvgIpc) is 2.76. The summed E-state index contributed by atoms with van der Waals surface area (Å²) in [6, 6.07) is 11.5. The summed E-state index contributed by atoms with van der Waals surface area (Å²) in [6.07, 6.45) is -0.548. The van der Waals surface area contributed by atoms with Crippen LogP contribution in [0.5, 0.6) is 11.5 Å². The van der Waals surface area contributed by atoms with Crippen LogP contribution in [-0.2, 0) is 13.9 Å². The van der Waals surface area contributed by atoms with E-state index in [1.165, 1.54) is 6.07 Å². The van der Waals surface area contributed by atoms with Gasteiger partial charge in [0.2, 0.25) is 5.91 Å². The second-order valence-corrected chi connectivity index (χ2v) is 12.3. The maximum atomic E-state index is 12.4. The third-order valence-corrected chi connectivity index (χ3v) is 9.91. The first-order chi connectivity index (χ1) is 16.1. The van der Waals surface area contributed by atoms with Crippen LogP contribution in [0.3, 0.4) is 0 Å². The van der Waals surface area contributed by atoms with Gasteiger partial charge in [-0.2, -0.15) is 0 Å². The van der Waals surface area contributed by atoms with E-state index in [1.807, 2.05) is 26.0 Å². The number of nitrogens with one attached hydrogen (secondary N) is 1. The van der Waals surface area contributed by atoms with Crippen LogP contribution in [0.25, 0.3) is 0 Å². The summed E-state index contributed by atoms with van der Waals surface area (Å²) in [5.74, 6) is -1.01. The molecule has 0 aliphatic heterocycles. The molecule has 198 valence electrons. The van der Waals surface area contributed by atoms with E-state index in [9.17, 15) is 48.8 Å². The average molecular weight is 579 g/mol. The van der Waals surface area contributed by atoms with Crippen molar-refractivity contribution in [2.24, 2.45) is 0 Å². The molecule has 0 spiro atoms. The molecule has 11 nitrogen and oxygen atoms in total. The van der Waals surface area contributed by atoms with E-state index in [2.05, 4.69) is 5.32 Å². The number of anilines is 1. The van der Waals surface area contributed by atoms with Gasteiger partial charge in [0.15, 0.2) is 0 Å². The Bertz CT molecular complexity index is 1110. The number of carbonyl (C=O) groups excluding carboxylic acids is 1. The zero-order valence-corrected chi connectivity index (χ0v) is 21.1. The predicted molar refractivity (Wildman–Crippen MR) is 143 cm³/mol. The van der Waals surface area contributed by atoms with Crippen molar-refractivity contribution in [1.29, 1.82) is 0 Å². The van der Waals surface area contributed by atoms with Gasteiger partial charge in [0.25, 0.3) is 5.08 Å². The Kier molecular flexibility index (Phi) is 14.9. The molecule has 0 saturated carbocycles. The Labute approximate surface area is 259 Å². The van der Waals surface area contributed by atoms with Crippen molar-refractivity contribution >= 4 is 85.9 Å². The molecule has 1 amide bonds. The number of aliphatic hydroxyl groups is 1. The van der Waals surface area contributed by atoms with Crippen LogP contribution >= 0.6 is 15.2 Å². The molecule has 0 radical (unpaired) electrons. The van der Waals surface area contributed by atoms with Gasteiger partial charge in [-0.3, -0.25) is 13.9 Å². The van der Waals surface area contributed by atoms with Crippen LogP contribution in [0.1, 0.15) is 62.5 Å². The molecule has 0 bridgehead atoms. The van der Waals surface area contributed by atoms with Gasteiger partial charge in [-0.15, -0.1) is 0 Å². The van der Waals surface area contributed by atoms with E-state index in [0.29, 0.717) is 0 Å². The van der Waals surface area contributed by atoms with Gasteiger partial charge < -0.3 is 40.2 Å². The third-order valence-electron chi connectivity index (χ3n) is 6.03. The molecule has 0 saturated heterocycles. The monoisotopic (exact) mass is 579 g/mol. The molecule has 0 aliphatic rings. The van der Waals surface area contributed by atoms with Crippen molar-refractivity contribution in [1.82, 2.24) is 0 Å². The predicted octanol–water partition coefficient (Wildman–Crippen LogP) is 2.21. The summed E-state index contributed by atoms with van der Waals surface area (Å²) in [7, 11) is -11.4. The van der Waals surface area contributed by atoms with Crippen LogP contribution < -0.4 is 5.32 Å². The van der Waals surface area contributed by atoms with Crippen molar-refractivity contribution in [2.45, 2.75) is 56.4 Å². The van der Waals surface area contributed by atoms with Gasteiger partial charge in [-0.25, -0.2) is 0 Å². The second-order valence-electron chi connectivity index (χ2n) is 8.31. The molecular weight excluding hydrogens is 546 g/mol. The van der Waals surface area contributed by atoms with Crippen molar-refractivity contribution in [3.63, 3.8) is 0 Å². The molecule has 0 heterocycles. The van der Waals surface area contributed by atoms with Crippen LogP contribution in [0.2, 0.25) is 0 Å². The molecule has 2 aromatic rings. The summed E-state index contributed by atoms with van der Waals surface area (Å²) in [6.45, 7) is 4.01. The molecule has 37 heavy (non-hydrogen) atoms. The summed E-state index contributed by atoms with van der Waals surface area (Å²) in [5.41, 5.74) is 1.80. The molecular formula is C22H33NNa2O10P2. The molecule has 2 unspecified atom stereocenters. The van der Waals surface area contributed by atoms with Gasteiger partial charge in [0, 0.05) is 12.8 Å². The van der Waals surface area contributed by atoms with Crippen molar-refractivity contribution in [3.05, 3.63) is 53.6 Å². The first-order valence-electron chi connectivity index (χ1n) is 10.9. The van der Waals surface area contributed by atoms with Gasteiger partial charge >= 0.3 is 74.3 Å². The number of hydrogen-bond donors (Lipinski definition) is 8. The maximum absolute atomic E-state index is 12.4. The van der Waals surface area contributed by atoms with Crippen LogP contribution in [0.4, 0.5) is 5.69 Å². The molecule has 2 aromatic carbocycles. The minimum atomic E-state index is -5.68. The Morgan fingerprint density at radius 1 is 0.865 bits per heavy atom. The normalized spacial score (nSPS) is 13.6. The Morgan fingerprint density at radius 2 is 1.32 bits per heavy atom. The standard InChI is InChI=1S/C22H31NO10P2.2Na.2H/c1-3-17(14-5-8-16(24)9-6-14)18(4-2)15-7-10-20(25)19(13-15)23-21(26)11-12-22(27,34(28,29)30)35(31,32)33;;;;/h5-10,13,17-18,24-25,27H,3-4,11-12H2,1-2H3,(H,23,26)(H2,28,29,30)(H2,31,32,33);;;;. The minimum absolute atomic E-state index is 0. The SMILES string of the molecule is CCC(c1ccc(O)cc1)C(CC)c1ccc(O)c(NC(=O)CCC(O)(P(=O)(O)O)P(=O)(O)O)c1.[NaH].[NaH]. The molecule has 0 aliphatic carbocycles. The van der Waals surface area contributed by atoms with Crippen molar-refractivity contribution in [2.75, 3.05) is 5.32 Å². The summed E-state index contributed by atoms with van der Waals surface area (Å²) >= 11 is 0. The van der Waals surface area contributed by atoms with Gasteiger partial charge in [-0.05, 0) is 60.1 Å². The number of rotatable bonds is 11.